The van der Waals surface area contributed by atoms with Crippen molar-refractivity contribution in [1.29, 1.82) is 0 Å². The minimum Gasteiger partial charge on any atom is -0.491 e. The molecule has 0 spiro atoms. The molecular formula is C13H15BrN2O4. The predicted molar refractivity (Wildman–Crippen MR) is 76.5 cm³/mol. The Bertz CT molecular complexity index is 683. The maximum Gasteiger partial charge on any atom is 0.421 e. The van der Waals surface area contributed by atoms with Gasteiger partial charge >= 0.3 is 5.76 Å². The first-order valence-corrected chi connectivity index (χ1v) is 7.54. The Hall–Kier alpha value is -1.34. The first kappa shape index (κ1) is 13.6. The highest BCUT2D eigenvalue weighted by Crippen LogP contribution is 2.41. The lowest BCUT2D eigenvalue weighted by Crippen LogP contribution is -2.44. The van der Waals surface area contributed by atoms with Gasteiger partial charge in [0, 0.05) is 17.4 Å². The fourth-order valence-electron chi connectivity index (χ4n) is 2.60. The van der Waals surface area contributed by atoms with Gasteiger partial charge in [-0.25, -0.2) is 9.78 Å². The first-order valence-electron chi connectivity index (χ1n) is 6.42. The summed E-state index contributed by atoms with van der Waals surface area (Å²) in [5, 5.41) is 10.5. The van der Waals surface area contributed by atoms with Gasteiger partial charge in [0.1, 0.15) is 5.75 Å². The van der Waals surface area contributed by atoms with Crippen molar-refractivity contribution in [1.82, 2.24) is 9.55 Å². The third-order valence-corrected chi connectivity index (χ3v) is 3.82. The number of aliphatic hydroxyl groups is 1. The van der Waals surface area contributed by atoms with Gasteiger partial charge in [0.25, 0.3) is 0 Å². The van der Waals surface area contributed by atoms with Crippen molar-refractivity contribution in [2.24, 2.45) is 0 Å². The van der Waals surface area contributed by atoms with Crippen LogP contribution in [0.25, 0.3) is 11.2 Å². The van der Waals surface area contributed by atoms with Gasteiger partial charge < -0.3 is 14.3 Å². The Morgan fingerprint density at radius 1 is 1.65 bits per heavy atom. The summed E-state index contributed by atoms with van der Waals surface area (Å²) in [6, 6.07) is 1.61. The Kier molecular flexibility index (Phi) is 3.33. The summed E-state index contributed by atoms with van der Waals surface area (Å²) in [6.07, 6.45) is 2.64. The van der Waals surface area contributed by atoms with Crippen molar-refractivity contribution in [2.75, 3.05) is 11.9 Å². The molecule has 0 amide bonds. The highest BCUT2D eigenvalue weighted by Gasteiger charge is 2.41. The molecule has 1 aliphatic carbocycles. The van der Waals surface area contributed by atoms with Crippen LogP contribution in [0.2, 0.25) is 0 Å². The normalized spacial score (nSPS) is 25.6. The molecule has 1 fully saturated rings. The Labute approximate surface area is 123 Å². The fraction of sp³-hybridized carbons (Fsp3) is 0.538. The maximum absolute atomic E-state index is 11.9. The minimum atomic E-state index is -0.702. The second-order valence-electron chi connectivity index (χ2n) is 5.33. The van der Waals surface area contributed by atoms with Gasteiger partial charge in [-0.3, -0.25) is 4.57 Å². The van der Waals surface area contributed by atoms with Crippen molar-refractivity contribution in [2.45, 2.75) is 31.4 Å². The molecule has 2 aromatic heterocycles. The summed E-state index contributed by atoms with van der Waals surface area (Å²) in [4.78, 5) is 16.2. The van der Waals surface area contributed by atoms with Crippen LogP contribution in [0, 0.1) is 0 Å². The molecule has 20 heavy (non-hydrogen) atoms. The van der Waals surface area contributed by atoms with Crippen molar-refractivity contribution in [3.8, 4) is 5.75 Å². The molecule has 7 heteroatoms. The third-order valence-electron chi connectivity index (χ3n) is 3.49. The fourth-order valence-corrected chi connectivity index (χ4v) is 2.76. The van der Waals surface area contributed by atoms with E-state index in [0.717, 1.165) is 0 Å². The van der Waals surface area contributed by atoms with Gasteiger partial charge in [0.05, 0.1) is 18.4 Å². The molecule has 1 aliphatic rings. The molecule has 1 saturated carbocycles. The summed E-state index contributed by atoms with van der Waals surface area (Å²) in [5.41, 5.74) is 0.211. The standard InChI is InChI=1S/C13H15BrN2O4/c1-13(18)5-8(6-13)16-11-10(20-12(16)17)4-9(7-15-11)19-3-2-14/h4,7-8,18H,2-3,5-6H2,1H3/t8-,13+. The molecule has 0 saturated heterocycles. The maximum atomic E-state index is 11.9. The number of alkyl halides is 1. The first-order chi connectivity index (χ1) is 9.50. The quantitative estimate of drug-likeness (QED) is 0.858. The summed E-state index contributed by atoms with van der Waals surface area (Å²) < 4.78 is 12.2. The van der Waals surface area contributed by atoms with Crippen molar-refractivity contribution < 1.29 is 14.3 Å². The SMILES string of the molecule is C[C@]1(O)C[C@@H](n2c(=O)oc3cc(OCCBr)cnc32)C1. The molecule has 0 aromatic carbocycles. The van der Waals surface area contributed by atoms with Crippen LogP contribution in [0.5, 0.6) is 5.75 Å². The van der Waals surface area contributed by atoms with E-state index in [9.17, 15) is 9.90 Å². The molecule has 0 atom stereocenters. The van der Waals surface area contributed by atoms with E-state index in [1.807, 2.05) is 0 Å². The molecule has 1 N–H and O–H groups in total. The highest BCUT2D eigenvalue weighted by molar-refractivity contribution is 9.09. The molecule has 3 rings (SSSR count). The number of hydrogen-bond acceptors (Lipinski definition) is 5. The lowest BCUT2D eigenvalue weighted by Gasteiger charge is -2.40. The number of oxazole rings is 1. The number of fused-ring (bicyclic) bond motifs is 1. The topological polar surface area (TPSA) is 77.5 Å². The van der Waals surface area contributed by atoms with Gasteiger partial charge in [0.15, 0.2) is 11.2 Å². The van der Waals surface area contributed by atoms with Gasteiger partial charge in [-0.15, -0.1) is 0 Å². The van der Waals surface area contributed by atoms with Crippen LogP contribution in [0.15, 0.2) is 21.5 Å². The van der Waals surface area contributed by atoms with E-state index in [-0.39, 0.29) is 6.04 Å². The number of nitrogens with zero attached hydrogens (tertiary/aromatic N) is 2. The van der Waals surface area contributed by atoms with E-state index in [1.165, 1.54) is 4.57 Å². The summed E-state index contributed by atoms with van der Waals surface area (Å²) in [7, 11) is 0. The number of hydrogen-bond donors (Lipinski definition) is 1. The van der Waals surface area contributed by atoms with Crippen molar-refractivity contribution >= 4 is 27.2 Å². The zero-order valence-corrected chi connectivity index (χ0v) is 12.6. The second kappa shape index (κ2) is 4.89. The minimum absolute atomic E-state index is 0.0550. The average Bonchev–Trinajstić information content (AvgIpc) is 2.68. The molecule has 0 radical (unpaired) electrons. The predicted octanol–water partition coefficient (Wildman–Crippen LogP) is 1.85. The number of pyridine rings is 1. The molecule has 0 bridgehead atoms. The van der Waals surface area contributed by atoms with E-state index < -0.39 is 11.4 Å². The zero-order chi connectivity index (χ0) is 14.3. The second-order valence-corrected chi connectivity index (χ2v) is 6.12. The summed E-state index contributed by atoms with van der Waals surface area (Å²) in [5.74, 6) is 0.129. The van der Waals surface area contributed by atoms with E-state index in [2.05, 4.69) is 20.9 Å². The Morgan fingerprint density at radius 2 is 2.40 bits per heavy atom. The molecule has 6 nitrogen and oxygen atoms in total. The highest BCUT2D eigenvalue weighted by atomic mass is 79.9. The lowest BCUT2D eigenvalue weighted by atomic mass is 9.77. The van der Waals surface area contributed by atoms with E-state index >= 15 is 0 Å². The van der Waals surface area contributed by atoms with Crippen LogP contribution in [0.3, 0.4) is 0 Å². The Balaban J connectivity index is 1.94. The molecule has 2 heterocycles. The number of aromatic nitrogens is 2. The smallest absolute Gasteiger partial charge is 0.421 e. The van der Waals surface area contributed by atoms with Gasteiger partial charge in [-0.1, -0.05) is 15.9 Å². The van der Waals surface area contributed by atoms with Crippen molar-refractivity contribution in [3.05, 3.63) is 22.8 Å². The van der Waals surface area contributed by atoms with Crippen LogP contribution in [-0.4, -0.2) is 32.2 Å². The Morgan fingerprint density at radius 3 is 3.05 bits per heavy atom. The molecule has 2 aromatic rings. The average molecular weight is 343 g/mol. The third kappa shape index (κ3) is 2.35. The van der Waals surface area contributed by atoms with Gasteiger partial charge in [-0.2, -0.15) is 0 Å². The van der Waals surface area contributed by atoms with Crippen LogP contribution < -0.4 is 10.5 Å². The summed E-state index contributed by atoms with van der Waals surface area (Å²) >= 11 is 3.27. The number of rotatable bonds is 4. The van der Waals surface area contributed by atoms with E-state index in [0.29, 0.717) is 41.8 Å². The summed E-state index contributed by atoms with van der Waals surface area (Å²) in [6.45, 7) is 2.28. The lowest BCUT2D eigenvalue weighted by molar-refractivity contribution is -0.0515. The molecule has 0 aliphatic heterocycles. The van der Waals surface area contributed by atoms with Crippen LogP contribution in [-0.2, 0) is 0 Å². The van der Waals surface area contributed by atoms with E-state index in [1.54, 1.807) is 19.2 Å². The van der Waals surface area contributed by atoms with Gasteiger partial charge in [-0.05, 0) is 19.8 Å². The number of halogens is 1. The molecule has 0 unspecified atom stereocenters. The zero-order valence-electron chi connectivity index (χ0n) is 11.0. The monoisotopic (exact) mass is 342 g/mol. The van der Waals surface area contributed by atoms with Crippen LogP contribution in [0.1, 0.15) is 25.8 Å². The van der Waals surface area contributed by atoms with Crippen LogP contribution >= 0.6 is 15.9 Å². The largest absolute Gasteiger partial charge is 0.491 e. The molecular weight excluding hydrogens is 328 g/mol. The number of ether oxygens (including phenoxy) is 1. The van der Waals surface area contributed by atoms with Crippen molar-refractivity contribution in [3.63, 3.8) is 0 Å². The van der Waals surface area contributed by atoms with Gasteiger partial charge in [0.2, 0.25) is 0 Å². The molecule has 108 valence electrons. The van der Waals surface area contributed by atoms with Crippen LogP contribution in [0.4, 0.5) is 0 Å². The van der Waals surface area contributed by atoms with E-state index in [4.69, 9.17) is 9.15 Å².